The predicted octanol–water partition coefficient (Wildman–Crippen LogP) is 3.39. The molecule has 5 heteroatoms. The van der Waals surface area contributed by atoms with Crippen molar-refractivity contribution in [3.63, 3.8) is 0 Å². The van der Waals surface area contributed by atoms with E-state index in [1.54, 1.807) is 13.3 Å². The molecule has 3 rings (SSSR count). The van der Waals surface area contributed by atoms with Gasteiger partial charge in [-0.25, -0.2) is 0 Å². The molecule has 0 unspecified atom stereocenters. The number of rotatable bonds is 4. The lowest BCUT2D eigenvalue weighted by molar-refractivity contribution is 0.415. The number of ether oxygens (including phenoxy) is 1. The molecule has 0 aliphatic heterocycles. The second-order valence-corrected chi connectivity index (χ2v) is 4.82. The summed E-state index contributed by atoms with van der Waals surface area (Å²) in [5.41, 5.74) is 4.83. The molecule has 0 fully saturated rings. The first-order valence-electron chi connectivity index (χ1n) is 6.93. The van der Waals surface area contributed by atoms with E-state index < -0.39 is 0 Å². The van der Waals surface area contributed by atoms with Crippen molar-refractivity contribution < 1.29 is 4.74 Å². The van der Waals surface area contributed by atoms with Gasteiger partial charge in [0.15, 0.2) is 5.82 Å². The summed E-state index contributed by atoms with van der Waals surface area (Å²) in [4.78, 5) is 0. The highest BCUT2D eigenvalue weighted by atomic mass is 16.5. The zero-order chi connectivity index (χ0) is 15.4. The number of aromatic nitrogens is 2. The fourth-order valence-corrected chi connectivity index (χ4v) is 2.18. The summed E-state index contributed by atoms with van der Waals surface area (Å²) < 4.78 is 5.12. The number of aryl methyl sites for hydroxylation is 1. The average molecular weight is 292 g/mol. The maximum Gasteiger partial charge on any atom is 0.176 e. The highest BCUT2D eigenvalue weighted by Gasteiger charge is 2.04. The SMILES string of the molecule is COc1ccc(/C=N/Nc2nnc(C)c3ccccc23)cc1. The van der Waals surface area contributed by atoms with E-state index in [-0.39, 0.29) is 0 Å². The molecule has 22 heavy (non-hydrogen) atoms. The van der Waals surface area contributed by atoms with Crippen LogP contribution in [0.1, 0.15) is 11.3 Å². The molecule has 110 valence electrons. The van der Waals surface area contributed by atoms with E-state index in [2.05, 4.69) is 20.7 Å². The van der Waals surface area contributed by atoms with Crippen LogP contribution in [0.25, 0.3) is 10.8 Å². The van der Waals surface area contributed by atoms with E-state index in [0.29, 0.717) is 5.82 Å². The molecule has 0 saturated carbocycles. The Morgan fingerprint density at radius 1 is 1.00 bits per heavy atom. The number of fused-ring (bicyclic) bond motifs is 1. The van der Waals surface area contributed by atoms with Gasteiger partial charge in [-0.05, 0) is 36.8 Å². The van der Waals surface area contributed by atoms with Crippen molar-refractivity contribution in [2.45, 2.75) is 6.92 Å². The van der Waals surface area contributed by atoms with Crippen LogP contribution in [-0.4, -0.2) is 23.5 Å². The highest BCUT2D eigenvalue weighted by Crippen LogP contribution is 2.22. The van der Waals surface area contributed by atoms with Crippen LogP contribution in [0, 0.1) is 6.92 Å². The summed E-state index contributed by atoms with van der Waals surface area (Å²) in [5, 5.41) is 14.6. The van der Waals surface area contributed by atoms with Crippen LogP contribution in [0.5, 0.6) is 5.75 Å². The first-order chi connectivity index (χ1) is 10.8. The molecular weight excluding hydrogens is 276 g/mol. The molecule has 0 amide bonds. The zero-order valence-electron chi connectivity index (χ0n) is 12.4. The number of hydrogen-bond acceptors (Lipinski definition) is 5. The van der Waals surface area contributed by atoms with Gasteiger partial charge in [-0.15, -0.1) is 5.10 Å². The van der Waals surface area contributed by atoms with Gasteiger partial charge in [-0.2, -0.15) is 10.2 Å². The normalized spacial score (nSPS) is 11.0. The molecule has 1 aromatic heterocycles. The second-order valence-electron chi connectivity index (χ2n) is 4.82. The van der Waals surface area contributed by atoms with E-state index in [1.165, 1.54) is 0 Å². The Balaban J connectivity index is 1.81. The third-order valence-corrected chi connectivity index (χ3v) is 3.37. The molecule has 1 N–H and O–H groups in total. The molecule has 0 bridgehead atoms. The summed E-state index contributed by atoms with van der Waals surface area (Å²) in [6, 6.07) is 15.6. The Bertz CT molecular complexity index is 813. The van der Waals surface area contributed by atoms with Crippen LogP contribution in [0.2, 0.25) is 0 Å². The third-order valence-electron chi connectivity index (χ3n) is 3.37. The topological polar surface area (TPSA) is 59.4 Å². The van der Waals surface area contributed by atoms with Crippen LogP contribution < -0.4 is 10.2 Å². The number of methoxy groups -OCH3 is 1. The monoisotopic (exact) mass is 292 g/mol. The fourth-order valence-electron chi connectivity index (χ4n) is 2.18. The number of benzene rings is 2. The first-order valence-corrected chi connectivity index (χ1v) is 6.93. The summed E-state index contributed by atoms with van der Waals surface area (Å²) >= 11 is 0. The molecule has 5 nitrogen and oxygen atoms in total. The molecule has 0 saturated heterocycles. The molecule has 0 aliphatic rings. The number of hydrogen-bond donors (Lipinski definition) is 1. The van der Waals surface area contributed by atoms with E-state index in [0.717, 1.165) is 27.8 Å². The van der Waals surface area contributed by atoms with Gasteiger partial charge in [-0.1, -0.05) is 24.3 Å². The van der Waals surface area contributed by atoms with Crippen molar-refractivity contribution in [2.75, 3.05) is 12.5 Å². The van der Waals surface area contributed by atoms with Gasteiger partial charge in [0.2, 0.25) is 0 Å². The minimum absolute atomic E-state index is 0.644. The standard InChI is InChI=1S/C17H16N4O/c1-12-15-5-3-4-6-16(15)17(21-19-12)20-18-11-13-7-9-14(22-2)10-8-13/h3-11H,1-2H3,(H,20,21)/b18-11+. The van der Waals surface area contributed by atoms with E-state index >= 15 is 0 Å². The molecular formula is C17H16N4O. The lowest BCUT2D eigenvalue weighted by atomic mass is 10.1. The predicted molar refractivity (Wildman–Crippen MR) is 88.5 cm³/mol. The molecule has 1 heterocycles. The Kier molecular flexibility index (Phi) is 3.96. The van der Waals surface area contributed by atoms with Crippen molar-refractivity contribution in [2.24, 2.45) is 5.10 Å². The Labute approximate surface area is 128 Å². The van der Waals surface area contributed by atoms with Gasteiger partial charge in [0.05, 0.1) is 19.0 Å². The minimum Gasteiger partial charge on any atom is -0.497 e. The van der Waals surface area contributed by atoms with Crippen molar-refractivity contribution in [3.8, 4) is 5.75 Å². The van der Waals surface area contributed by atoms with Gasteiger partial charge in [0.1, 0.15) is 5.75 Å². The Hall–Kier alpha value is -2.95. The summed E-state index contributed by atoms with van der Waals surface area (Å²) in [5.74, 6) is 1.46. The number of nitrogens with zero attached hydrogens (tertiary/aromatic N) is 3. The fraction of sp³-hybridized carbons (Fsp3) is 0.118. The minimum atomic E-state index is 0.644. The lowest BCUT2D eigenvalue weighted by Gasteiger charge is -2.05. The highest BCUT2D eigenvalue weighted by molar-refractivity contribution is 5.93. The maximum absolute atomic E-state index is 5.12. The number of hydrazone groups is 1. The van der Waals surface area contributed by atoms with Gasteiger partial charge in [0.25, 0.3) is 0 Å². The van der Waals surface area contributed by atoms with Gasteiger partial charge in [0, 0.05) is 10.8 Å². The first kappa shape index (κ1) is 14.0. The zero-order valence-corrected chi connectivity index (χ0v) is 12.4. The van der Waals surface area contributed by atoms with Crippen LogP contribution in [0.4, 0.5) is 5.82 Å². The molecule has 0 atom stereocenters. The molecule has 0 aliphatic carbocycles. The summed E-state index contributed by atoms with van der Waals surface area (Å²) in [6.45, 7) is 1.94. The maximum atomic E-state index is 5.12. The largest absolute Gasteiger partial charge is 0.497 e. The van der Waals surface area contributed by atoms with E-state index in [4.69, 9.17) is 4.74 Å². The van der Waals surface area contributed by atoms with Gasteiger partial charge in [-0.3, -0.25) is 5.43 Å². The molecule has 2 aromatic carbocycles. The smallest absolute Gasteiger partial charge is 0.176 e. The van der Waals surface area contributed by atoms with Crippen LogP contribution in [-0.2, 0) is 0 Å². The van der Waals surface area contributed by atoms with Crippen molar-refractivity contribution in [1.82, 2.24) is 10.2 Å². The summed E-state index contributed by atoms with van der Waals surface area (Å²) in [7, 11) is 1.64. The lowest BCUT2D eigenvalue weighted by Crippen LogP contribution is -1.98. The second kappa shape index (κ2) is 6.22. The van der Waals surface area contributed by atoms with Crippen molar-refractivity contribution in [1.29, 1.82) is 0 Å². The van der Waals surface area contributed by atoms with Crippen molar-refractivity contribution >= 4 is 22.8 Å². The van der Waals surface area contributed by atoms with Crippen LogP contribution >= 0.6 is 0 Å². The average Bonchev–Trinajstić information content (AvgIpc) is 2.58. The van der Waals surface area contributed by atoms with Crippen LogP contribution in [0.3, 0.4) is 0 Å². The Morgan fingerprint density at radius 3 is 2.45 bits per heavy atom. The van der Waals surface area contributed by atoms with Gasteiger partial charge < -0.3 is 4.74 Å². The Morgan fingerprint density at radius 2 is 1.73 bits per heavy atom. The van der Waals surface area contributed by atoms with Crippen molar-refractivity contribution in [3.05, 3.63) is 59.8 Å². The van der Waals surface area contributed by atoms with E-state index in [9.17, 15) is 0 Å². The molecule has 3 aromatic rings. The number of nitrogens with one attached hydrogen (secondary N) is 1. The van der Waals surface area contributed by atoms with Gasteiger partial charge >= 0.3 is 0 Å². The quantitative estimate of drug-likeness (QED) is 0.591. The third kappa shape index (κ3) is 2.88. The van der Waals surface area contributed by atoms with Crippen LogP contribution in [0.15, 0.2) is 53.6 Å². The summed E-state index contributed by atoms with van der Waals surface area (Å²) in [6.07, 6.45) is 1.73. The van der Waals surface area contributed by atoms with E-state index in [1.807, 2.05) is 55.5 Å². The molecule has 0 spiro atoms. The number of anilines is 1. The molecule has 0 radical (unpaired) electrons.